The van der Waals surface area contributed by atoms with Crippen molar-refractivity contribution in [2.24, 2.45) is 0 Å². The molecule has 12 heavy (non-hydrogen) atoms. The average Bonchev–Trinajstić information content (AvgIpc) is 2.03. The van der Waals surface area contributed by atoms with Gasteiger partial charge in [0.15, 0.2) is 0 Å². The monoisotopic (exact) mass is 174 g/mol. The van der Waals surface area contributed by atoms with E-state index in [9.17, 15) is 14.0 Å². The van der Waals surface area contributed by atoms with Gasteiger partial charge in [-0.15, -0.1) is 0 Å². The summed E-state index contributed by atoms with van der Waals surface area (Å²) in [5, 5.41) is 8.01. The van der Waals surface area contributed by atoms with Crippen LogP contribution in [0.25, 0.3) is 0 Å². The van der Waals surface area contributed by atoms with E-state index in [2.05, 4.69) is 4.74 Å². The SMILES string of the molecule is COC(=O)/C=C\C=C(\F)C(=O)O. The van der Waals surface area contributed by atoms with Crippen LogP contribution in [0.4, 0.5) is 4.39 Å². The summed E-state index contributed by atoms with van der Waals surface area (Å²) >= 11 is 0. The minimum absolute atomic E-state index is 0.652. The number of methoxy groups -OCH3 is 1. The van der Waals surface area contributed by atoms with Crippen molar-refractivity contribution in [3.05, 3.63) is 24.1 Å². The van der Waals surface area contributed by atoms with E-state index in [0.29, 0.717) is 6.08 Å². The van der Waals surface area contributed by atoms with E-state index in [4.69, 9.17) is 5.11 Å². The first kappa shape index (κ1) is 10.3. The molecule has 1 N–H and O–H groups in total. The number of carbonyl (C=O) groups excluding carboxylic acids is 1. The lowest BCUT2D eigenvalue weighted by molar-refractivity contribution is -0.135. The van der Waals surface area contributed by atoms with Crippen molar-refractivity contribution in [2.45, 2.75) is 0 Å². The highest BCUT2D eigenvalue weighted by Crippen LogP contribution is 1.95. The fraction of sp³-hybridized carbons (Fsp3) is 0.143. The lowest BCUT2D eigenvalue weighted by atomic mass is 10.4. The topological polar surface area (TPSA) is 63.6 Å². The molecule has 0 saturated carbocycles. The maximum absolute atomic E-state index is 12.1. The number of esters is 1. The largest absolute Gasteiger partial charge is 0.476 e. The molecule has 0 heterocycles. The molecule has 0 amide bonds. The van der Waals surface area contributed by atoms with Crippen LogP contribution in [-0.2, 0) is 14.3 Å². The van der Waals surface area contributed by atoms with E-state index in [1.165, 1.54) is 0 Å². The molecule has 0 atom stereocenters. The number of allylic oxidation sites excluding steroid dienone is 2. The molecule has 0 aliphatic heterocycles. The van der Waals surface area contributed by atoms with Gasteiger partial charge in [-0.25, -0.2) is 9.59 Å². The Morgan fingerprint density at radius 2 is 2.08 bits per heavy atom. The maximum Gasteiger partial charge on any atom is 0.364 e. The van der Waals surface area contributed by atoms with Crippen LogP contribution in [-0.4, -0.2) is 24.2 Å². The molecule has 0 aromatic rings. The van der Waals surface area contributed by atoms with Crippen molar-refractivity contribution >= 4 is 11.9 Å². The maximum atomic E-state index is 12.1. The molecule has 0 aliphatic carbocycles. The molecule has 0 fully saturated rings. The Morgan fingerprint density at radius 3 is 2.50 bits per heavy atom. The minimum atomic E-state index is -1.68. The number of carboxylic acid groups (broad SMARTS) is 1. The van der Waals surface area contributed by atoms with E-state index < -0.39 is 17.8 Å². The molecule has 0 saturated heterocycles. The first-order valence-electron chi connectivity index (χ1n) is 2.93. The molecule has 5 heteroatoms. The van der Waals surface area contributed by atoms with Gasteiger partial charge in [-0.3, -0.25) is 0 Å². The molecule has 0 unspecified atom stereocenters. The normalized spacial score (nSPS) is 11.7. The molecule has 0 spiro atoms. The number of hydrogen-bond acceptors (Lipinski definition) is 3. The van der Waals surface area contributed by atoms with Crippen molar-refractivity contribution in [3.63, 3.8) is 0 Å². The zero-order valence-electron chi connectivity index (χ0n) is 6.28. The fourth-order valence-electron chi connectivity index (χ4n) is 0.350. The third-order valence-corrected chi connectivity index (χ3v) is 0.880. The Bertz CT molecular complexity index is 242. The van der Waals surface area contributed by atoms with Crippen LogP contribution in [0.3, 0.4) is 0 Å². The second-order valence-electron chi connectivity index (χ2n) is 1.70. The van der Waals surface area contributed by atoms with Crippen LogP contribution in [0.15, 0.2) is 24.1 Å². The van der Waals surface area contributed by atoms with Gasteiger partial charge in [-0.2, -0.15) is 4.39 Å². The number of aliphatic carboxylic acids is 1. The molecule has 0 aromatic heterocycles. The van der Waals surface area contributed by atoms with Crippen LogP contribution in [0.1, 0.15) is 0 Å². The number of rotatable bonds is 3. The van der Waals surface area contributed by atoms with Gasteiger partial charge in [-0.1, -0.05) is 6.08 Å². The lowest BCUT2D eigenvalue weighted by Gasteiger charge is -1.86. The van der Waals surface area contributed by atoms with Gasteiger partial charge in [0.25, 0.3) is 0 Å². The second kappa shape index (κ2) is 5.06. The molecule has 66 valence electrons. The molecule has 0 bridgehead atoms. The van der Waals surface area contributed by atoms with Gasteiger partial charge in [0.2, 0.25) is 5.83 Å². The molecular weight excluding hydrogens is 167 g/mol. The third kappa shape index (κ3) is 4.21. The zero-order valence-corrected chi connectivity index (χ0v) is 6.28. The second-order valence-corrected chi connectivity index (χ2v) is 1.70. The Hall–Kier alpha value is -1.65. The Morgan fingerprint density at radius 1 is 1.50 bits per heavy atom. The number of carboxylic acids is 1. The van der Waals surface area contributed by atoms with Gasteiger partial charge in [0.1, 0.15) is 0 Å². The molecule has 4 nitrogen and oxygen atoms in total. The van der Waals surface area contributed by atoms with Crippen molar-refractivity contribution in [2.75, 3.05) is 7.11 Å². The molecule has 0 aromatic carbocycles. The summed E-state index contributed by atoms with van der Waals surface area (Å²) in [5.41, 5.74) is 0. The minimum Gasteiger partial charge on any atom is -0.476 e. The van der Waals surface area contributed by atoms with Crippen LogP contribution in [0.5, 0.6) is 0 Å². The quantitative estimate of drug-likeness (QED) is 0.387. The smallest absolute Gasteiger partial charge is 0.364 e. The van der Waals surface area contributed by atoms with E-state index in [1.807, 2.05) is 0 Å². The highest BCUT2D eigenvalue weighted by molar-refractivity contribution is 5.85. The predicted molar refractivity (Wildman–Crippen MR) is 38.0 cm³/mol. The van der Waals surface area contributed by atoms with Gasteiger partial charge in [0, 0.05) is 6.08 Å². The van der Waals surface area contributed by atoms with Crippen molar-refractivity contribution in [1.82, 2.24) is 0 Å². The summed E-state index contributed by atoms with van der Waals surface area (Å²) in [7, 11) is 1.16. The van der Waals surface area contributed by atoms with Crippen LogP contribution >= 0.6 is 0 Å². The van der Waals surface area contributed by atoms with Crippen molar-refractivity contribution in [3.8, 4) is 0 Å². The van der Waals surface area contributed by atoms with Gasteiger partial charge >= 0.3 is 11.9 Å². The van der Waals surface area contributed by atoms with Gasteiger partial charge in [-0.05, 0) is 6.08 Å². The van der Waals surface area contributed by atoms with E-state index in [1.54, 1.807) is 0 Å². The Labute approximate surface area is 67.9 Å². The summed E-state index contributed by atoms with van der Waals surface area (Å²) in [6, 6.07) is 0. The van der Waals surface area contributed by atoms with Crippen LogP contribution < -0.4 is 0 Å². The first-order valence-corrected chi connectivity index (χ1v) is 2.93. The zero-order chi connectivity index (χ0) is 9.56. The number of carbonyl (C=O) groups is 2. The van der Waals surface area contributed by atoms with Crippen LogP contribution in [0.2, 0.25) is 0 Å². The highest BCUT2D eigenvalue weighted by atomic mass is 19.1. The predicted octanol–water partition coefficient (Wildman–Crippen LogP) is 0.654. The van der Waals surface area contributed by atoms with Crippen molar-refractivity contribution < 1.29 is 23.8 Å². The Kier molecular flexibility index (Phi) is 4.36. The summed E-state index contributed by atoms with van der Waals surface area (Å²) in [4.78, 5) is 20.2. The standard InChI is InChI=1S/C7H7FO4/c1-12-6(9)4-2-3-5(8)7(10)11/h2-4H,1H3,(H,10,11)/b4-2-,5-3+. The van der Waals surface area contributed by atoms with E-state index >= 15 is 0 Å². The average molecular weight is 174 g/mol. The Balaban J connectivity index is 4.12. The summed E-state index contributed by atoms with van der Waals surface area (Å²) in [6.07, 6.45) is 2.51. The van der Waals surface area contributed by atoms with E-state index in [-0.39, 0.29) is 0 Å². The van der Waals surface area contributed by atoms with Crippen molar-refractivity contribution in [1.29, 1.82) is 0 Å². The summed E-state index contributed by atoms with van der Waals surface area (Å²) < 4.78 is 16.3. The van der Waals surface area contributed by atoms with Crippen LogP contribution in [0, 0.1) is 0 Å². The molecule has 0 radical (unpaired) electrons. The molecule has 0 aliphatic rings. The fourth-order valence-corrected chi connectivity index (χ4v) is 0.350. The van der Waals surface area contributed by atoms with Gasteiger partial charge < -0.3 is 9.84 Å². The number of hydrogen-bond donors (Lipinski definition) is 1. The highest BCUT2D eigenvalue weighted by Gasteiger charge is 2.01. The summed E-state index contributed by atoms with van der Waals surface area (Å²) in [5.74, 6) is -3.69. The van der Waals surface area contributed by atoms with E-state index in [0.717, 1.165) is 19.3 Å². The summed E-state index contributed by atoms with van der Waals surface area (Å²) in [6.45, 7) is 0. The first-order chi connectivity index (χ1) is 5.57. The molecule has 0 rings (SSSR count). The lowest BCUT2D eigenvalue weighted by Crippen LogP contribution is -1.95. The van der Waals surface area contributed by atoms with Gasteiger partial charge in [0.05, 0.1) is 7.11 Å². The third-order valence-electron chi connectivity index (χ3n) is 0.880. The number of halogens is 1. The molecular formula is C7H7FO4. The number of ether oxygens (including phenoxy) is 1.